The number of carbonyl (C=O) groups excluding carboxylic acids is 2. The molecule has 7 heteroatoms. The van der Waals surface area contributed by atoms with Gasteiger partial charge in [-0.3, -0.25) is 4.79 Å². The van der Waals surface area contributed by atoms with Crippen LogP contribution >= 0.6 is 0 Å². The monoisotopic (exact) mass is 460 g/mol. The van der Waals surface area contributed by atoms with E-state index in [4.69, 9.17) is 4.74 Å². The van der Waals surface area contributed by atoms with Crippen LogP contribution < -0.4 is 5.32 Å². The Kier molecular flexibility index (Phi) is 6.72. The summed E-state index contributed by atoms with van der Waals surface area (Å²) in [6, 6.07) is 17.6. The number of amides is 2. The van der Waals surface area contributed by atoms with Gasteiger partial charge in [0.15, 0.2) is 0 Å². The van der Waals surface area contributed by atoms with Crippen molar-refractivity contribution in [2.75, 3.05) is 18.4 Å². The van der Waals surface area contributed by atoms with Crippen molar-refractivity contribution in [1.82, 2.24) is 14.7 Å². The Morgan fingerprint density at radius 3 is 2.29 bits per heavy atom. The number of piperidine rings is 1. The first-order valence-corrected chi connectivity index (χ1v) is 11.7. The quantitative estimate of drug-likeness (QED) is 0.554. The first kappa shape index (κ1) is 23.5. The first-order chi connectivity index (χ1) is 16.2. The lowest BCUT2D eigenvalue weighted by molar-refractivity contribution is 0.0203. The molecule has 0 bridgehead atoms. The molecule has 1 aliphatic heterocycles. The maximum atomic E-state index is 13.4. The fourth-order valence-electron chi connectivity index (χ4n) is 4.27. The molecule has 0 saturated carbocycles. The van der Waals surface area contributed by atoms with Crippen LogP contribution in [0.1, 0.15) is 61.1 Å². The molecule has 0 aliphatic carbocycles. The molecule has 2 heterocycles. The number of nitrogens with zero attached hydrogens (tertiary/aromatic N) is 3. The first-order valence-electron chi connectivity index (χ1n) is 11.7. The van der Waals surface area contributed by atoms with Crippen LogP contribution in [0.2, 0.25) is 0 Å². The number of ether oxygens (including phenoxy) is 1. The zero-order valence-electron chi connectivity index (χ0n) is 20.2. The summed E-state index contributed by atoms with van der Waals surface area (Å²) in [7, 11) is 0. The molecule has 34 heavy (non-hydrogen) atoms. The van der Waals surface area contributed by atoms with Gasteiger partial charge in [0.25, 0.3) is 5.91 Å². The fraction of sp³-hybridized carbons (Fsp3) is 0.370. The summed E-state index contributed by atoms with van der Waals surface area (Å²) in [5.41, 5.74) is 3.59. The third-order valence-corrected chi connectivity index (χ3v) is 5.98. The molecule has 3 aromatic rings. The van der Waals surface area contributed by atoms with E-state index in [1.54, 1.807) is 11.1 Å². The average molecular weight is 461 g/mol. The molecule has 7 nitrogen and oxygen atoms in total. The second kappa shape index (κ2) is 9.71. The molecule has 2 amide bonds. The molecule has 0 spiro atoms. The number of hydrogen-bond donors (Lipinski definition) is 1. The van der Waals surface area contributed by atoms with E-state index in [2.05, 4.69) is 10.4 Å². The van der Waals surface area contributed by atoms with Gasteiger partial charge in [-0.1, -0.05) is 36.4 Å². The van der Waals surface area contributed by atoms with Crippen molar-refractivity contribution < 1.29 is 14.3 Å². The normalized spacial score (nSPS) is 14.6. The predicted molar refractivity (Wildman–Crippen MR) is 132 cm³/mol. The summed E-state index contributed by atoms with van der Waals surface area (Å²) in [5, 5.41) is 7.65. The number of benzene rings is 2. The van der Waals surface area contributed by atoms with E-state index in [9.17, 15) is 9.59 Å². The Labute approximate surface area is 200 Å². The molecule has 0 unspecified atom stereocenters. The molecule has 1 saturated heterocycles. The lowest BCUT2D eigenvalue weighted by atomic mass is 9.90. The van der Waals surface area contributed by atoms with E-state index in [-0.39, 0.29) is 17.9 Å². The van der Waals surface area contributed by atoms with E-state index in [0.29, 0.717) is 18.7 Å². The minimum Gasteiger partial charge on any atom is -0.444 e. The third-order valence-electron chi connectivity index (χ3n) is 5.98. The van der Waals surface area contributed by atoms with Gasteiger partial charge in [0.05, 0.1) is 23.1 Å². The highest BCUT2D eigenvalue weighted by atomic mass is 16.6. The number of aromatic nitrogens is 2. The number of likely N-dealkylation sites (tertiary alicyclic amines) is 1. The van der Waals surface area contributed by atoms with E-state index < -0.39 is 5.60 Å². The van der Waals surface area contributed by atoms with Gasteiger partial charge in [0.2, 0.25) is 0 Å². The zero-order valence-corrected chi connectivity index (χ0v) is 20.2. The minimum absolute atomic E-state index is 0.0824. The Bertz CT molecular complexity index is 1160. The second-order valence-electron chi connectivity index (χ2n) is 9.70. The van der Waals surface area contributed by atoms with Gasteiger partial charge in [-0.25, -0.2) is 9.48 Å². The fourth-order valence-corrected chi connectivity index (χ4v) is 4.27. The van der Waals surface area contributed by atoms with E-state index >= 15 is 0 Å². The van der Waals surface area contributed by atoms with Crippen molar-refractivity contribution in [3.8, 4) is 5.69 Å². The zero-order chi connectivity index (χ0) is 24.3. The van der Waals surface area contributed by atoms with Crippen LogP contribution in [0, 0.1) is 6.92 Å². The van der Waals surface area contributed by atoms with Crippen molar-refractivity contribution in [3.05, 3.63) is 77.6 Å². The molecule has 178 valence electrons. The van der Waals surface area contributed by atoms with Crippen LogP contribution in [0.4, 0.5) is 10.5 Å². The maximum absolute atomic E-state index is 13.4. The SMILES string of the molecule is Cc1ccccc1NC(=O)c1cnn(-c2ccccc2)c1C1CCN(C(=O)OC(C)(C)C)CC1. The number of para-hydroxylation sites is 2. The number of nitrogens with one attached hydrogen (secondary N) is 1. The molecule has 0 radical (unpaired) electrons. The topological polar surface area (TPSA) is 76.5 Å². The molecule has 0 atom stereocenters. The summed E-state index contributed by atoms with van der Waals surface area (Å²) in [5.74, 6) is -0.0972. The van der Waals surface area contributed by atoms with Gasteiger partial charge in [-0.15, -0.1) is 0 Å². The van der Waals surface area contributed by atoms with Crippen molar-refractivity contribution in [1.29, 1.82) is 0 Å². The van der Waals surface area contributed by atoms with E-state index in [1.807, 2.05) is 87.0 Å². The lowest BCUT2D eigenvalue weighted by Crippen LogP contribution is -2.41. The highest BCUT2D eigenvalue weighted by molar-refractivity contribution is 6.05. The summed E-state index contributed by atoms with van der Waals surface area (Å²) in [6.45, 7) is 8.72. The number of aryl methyl sites for hydroxylation is 1. The van der Waals surface area contributed by atoms with Crippen molar-refractivity contribution in [3.63, 3.8) is 0 Å². The second-order valence-corrected chi connectivity index (χ2v) is 9.70. The number of rotatable bonds is 4. The average Bonchev–Trinajstić information content (AvgIpc) is 3.25. The number of carbonyl (C=O) groups is 2. The van der Waals surface area contributed by atoms with Crippen LogP contribution in [0.25, 0.3) is 5.69 Å². The van der Waals surface area contributed by atoms with Gasteiger partial charge in [0, 0.05) is 24.7 Å². The molecule has 1 aliphatic rings. The minimum atomic E-state index is -0.527. The van der Waals surface area contributed by atoms with Crippen molar-refractivity contribution in [2.24, 2.45) is 0 Å². The lowest BCUT2D eigenvalue weighted by Gasteiger charge is -2.34. The van der Waals surface area contributed by atoms with Gasteiger partial charge >= 0.3 is 6.09 Å². The van der Waals surface area contributed by atoms with Crippen LogP contribution in [-0.4, -0.2) is 45.4 Å². The summed E-state index contributed by atoms with van der Waals surface area (Å²) in [6.07, 6.45) is 2.81. The molecule has 4 rings (SSSR count). The highest BCUT2D eigenvalue weighted by Crippen LogP contribution is 2.33. The highest BCUT2D eigenvalue weighted by Gasteiger charge is 2.32. The van der Waals surface area contributed by atoms with Gasteiger partial charge in [0.1, 0.15) is 5.60 Å². The van der Waals surface area contributed by atoms with Crippen LogP contribution in [0.15, 0.2) is 60.8 Å². The molecular formula is C27H32N4O3. The molecule has 1 N–H and O–H groups in total. The van der Waals surface area contributed by atoms with Gasteiger partial charge in [-0.05, 0) is 64.3 Å². The predicted octanol–water partition coefficient (Wildman–Crippen LogP) is 5.55. The van der Waals surface area contributed by atoms with Crippen molar-refractivity contribution >= 4 is 17.7 Å². The molecule has 1 fully saturated rings. The standard InChI is InChI=1S/C27H32N4O3/c1-19-10-8-9-13-23(19)29-25(32)22-18-28-31(21-11-6-5-7-12-21)24(22)20-14-16-30(17-15-20)26(33)34-27(2,3)4/h5-13,18,20H,14-17H2,1-4H3,(H,29,32). The van der Waals surface area contributed by atoms with Gasteiger partial charge < -0.3 is 15.0 Å². The molecule has 1 aromatic heterocycles. The van der Waals surface area contributed by atoms with Crippen LogP contribution in [0.3, 0.4) is 0 Å². The van der Waals surface area contributed by atoms with E-state index in [0.717, 1.165) is 35.5 Å². The Morgan fingerprint density at radius 2 is 1.65 bits per heavy atom. The Hall–Kier alpha value is -3.61. The Balaban J connectivity index is 1.60. The summed E-state index contributed by atoms with van der Waals surface area (Å²) >= 11 is 0. The third kappa shape index (κ3) is 5.30. The Morgan fingerprint density at radius 1 is 1.00 bits per heavy atom. The summed E-state index contributed by atoms with van der Waals surface area (Å²) in [4.78, 5) is 27.6. The maximum Gasteiger partial charge on any atom is 0.410 e. The van der Waals surface area contributed by atoms with Gasteiger partial charge in [-0.2, -0.15) is 5.10 Å². The number of anilines is 1. The van der Waals surface area contributed by atoms with Crippen molar-refractivity contribution in [2.45, 2.75) is 52.1 Å². The largest absolute Gasteiger partial charge is 0.444 e. The van der Waals surface area contributed by atoms with Crippen LogP contribution in [-0.2, 0) is 4.74 Å². The molecule has 2 aromatic carbocycles. The molecular weight excluding hydrogens is 428 g/mol. The van der Waals surface area contributed by atoms with Crippen LogP contribution in [0.5, 0.6) is 0 Å². The number of hydrogen-bond acceptors (Lipinski definition) is 4. The smallest absolute Gasteiger partial charge is 0.410 e. The van der Waals surface area contributed by atoms with E-state index in [1.165, 1.54) is 0 Å². The summed E-state index contributed by atoms with van der Waals surface area (Å²) < 4.78 is 7.40.